The Hall–Kier alpha value is -3.61. The third-order valence-corrected chi connectivity index (χ3v) is 5.98. The molecule has 0 saturated carbocycles. The summed E-state index contributed by atoms with van der Waals surface area (Å²) in [4.78, 5) is 12.3. The van der Waals surface area contributed by atoms with Crippen LogP contribution in [0.5, 0.6) is 11.5 Å². The van der Waals surface area contributed by atoms with Crippen LogP contribution in [0.2, 0.25) is 0 Å². The first-order valence-electron chi connectivity index (χ1n) is 10.9. The van der Waals surface area contributed by atoms with Crippen LogP contribution in [0.15, 0.2) is 45.0 Å². The lowest BCUT2D eigenvalue weighted by Crippen LogP contribution is -2.36. The number of fused-ring (bicyclic) bond motifs is 3. The van der Waals surface area contributed by atoms with Gasteiger partial charge in [0.25, 0.3) is 5.91 Å². The lowest BCUT2D eigenvalue weighted by molar-refractivity contribution is -0.123. The number of nitrogens with zero attached hydrogens (tertiary/aromatic N) is 2. The Kier molecular flexibility index (Phi) is 4.96. The van der Waals surface area contributed by atoms with Crippen molar-refractivity contribution in [1.82, 2.24) is 0 Å². The SMILES string of the molecule is CCc1c(C2=NN=C(C)Cc3cc4c(cc32)OC(CC)C(=O)N4)oc2ccc(OC)cc12. The van der Waals surface area contributed by atoms with E-state index in [9.17, 15) is 4.79 Å². The number of ether oxygens (including phenoxy) is 2. The van der Waals surface area contributed by atoms with Crippen molar-refractivity contribution in [3.05, 3.63) is 52.8 Å². The van der Waals surface area contributed by atoms with Crippen LogP contribution in [0, 0.1) is 0 Å². The highest BCUT2D eigenvalue weighted by Gasteiger charge is 2.30. The highest BCUT2D eigenvalue weighted by Crippen LogP contribution is 2.38. The summed E-state index contributed by atoms with van der Waals surface area (Å²) in [6.07, 6.45) is 1.48. The van der Waals surface area contributed by atoms with E-state index in [2.05, 4.69) is 22.4 Å². The smallest absolute Gasteiger partial charge is 0.265 e. The summed E-state index contributed by atoms with van der Waals surface area (Å²) in [5, 5.41) is 13.0. The number of rotatable bonds is 4. The molecule has 7 heteroatoms. The number of aryl methyl sites for hydroxylation is 1. The van der Waals surface area contributed by atoms with Gasteiger partial charge in [0.2, 0.25) is 0 Å². The molecule has 0 spiro atoms. The zero-order valence-electron chi connectivity index (χ0n) is 18.6. The summed E-state index contributed by atoms with van der Waals surface area (Å²) in [5.41, 5.74) is 5.97. The fourth-order valence-corrected chi connectivity index (χ4v) is 4.34. The van der Waals surface area contributed by atoms with Crippen LogP contribution < -0.4 is 14.8 Å². The quantitative estimate of drug-likeness (QED) is 0.638. The molecule has 3 aromatic rings. The van der Waals surface area contributed by atoms with Crippen molar-refractivity contribution >= 4 is 34.0 Å². The van der Waals surface area contributed by atoms with Gasteiger partial charge in [0, 0.05) is 28.6 Å². The van der Waals surface area contributed by atoms with Gasteiger partial charge < -0.3 is 19.2 Å². The zero-order chi connectivity index (χ0) is 22.4. The van der Waals surface area contributed by atoms with E-state index in [1.165, 1.54) is 0 Å². The maximum Gasteiger partial charge on any atom is 0.265 e. The molecule has 164 valence electrons. The molecule has 0 fully saturated rings. The van der Waals surface area contributed by atoms with E-state index in [0.717, 1.165) is 45.5 Å². The number of hydrogen-bond donors (Lipinski definition) is 1. The van der Waals surface area contributed by atoms with Crippen LogP contribution in [0.3, 0.4) is 0 Å². The molecule has 32 heavy (non-hydrogen) atoms. The fourth-order valence-electron chi connectivity index (χ4n) is 4.34. The number of hydrogen-bond acceptors (Lipinski definition) is 6. The Morgan fingerprint density at radius 2 is 2.03 bits per heavy atom. The highest BCUT2D eigenvalue weighted by atomic mass is 16.5. The number of carbonyl (C=O) groups is 1. The Morgan fingerprint density at radius 3 is 2.78 bits per heavy atom. The molecule has 7 nitrogen and oxygen atoms in total. The Labute approximate surface area is 186 Å². The standard InChI is InChI=1S/C25H25N3O4/c1-5-16-18-11-15(30-4)7-8-21(18)32-24(16)23-17-12-22-19(26-25(29)20(6-2)31-22)10-14(17)9-13(3)27-28-23/h7-8,10-12,20H,5-6,9H2,1-4H3,(H,26,29). The Morgan fingerprint density at radius 1 is 1.19 bits per heavy atom. The van der Waals surface area contributed by atoms with E-state index < -0.39 is 6.10 Å². The van der Waals surface area contributed by atoms with Gasteiger partial charge in [-0.3, -0.25) is 4.79 Å². The second kappa shape index (κ2) is 7.82. The summed E-state index contributed by atoms with van der Waals surface area (Å²) in [5.74, 6) is 1.99. The molecule has 2 aromatic carbocycles. The number of carbonyl (C=O) groups excluding carboxylic acids is 1. The average molecular weight is 431 g/mol. The molecular weight excluding hydrogens is 406 g/mol. The van der Waals surface area contributed by atoms with Crippen molar-refractivity contribution in [1.29, 1.82) is 0 Å². The van der Waals surface area contributed by atoms with Gasteiger partial charge in [0.1, 0.15) is 22.8 Å². The van der Waals surface area contributed by atoms with Crippen LogP contribution in [-0.2, 0) is 17.6 Å². The van der Waals surface area contributed by atoms with Crippen LogP contribution in [-0.4, -0.2) is 30.5 Å². The summed E-state index contributed by atoms with van der Waals surface area (Å²) in [7, 11) is 1.66. The molecular formula is C25H25N3O4. The maximum absolute atomic E-state index is 12.3. The maximum atomic E-state index is 12.3. The van der Waals surface area contributed by atoms with Crippen molar-refractivity contribution in [2.45, 2.75) is 46.1 Å². The van der Waals surface area contributed by atoms with Crippen LogP contribution >= 0.6 is 0 Å². The van der Waals surface area contributed by atoms with Crippen molar-refractivity contribution in [3.63, 3.8) is 0 Å². The van der Waals surface area contributed by atoms with Gasteiger partial charge in [-0.15, -0.1) is 5.10 Å². The summed E-state index contributed by atoms with van der Waals surface area (Å²) >= 11 is 0. The van der Waals surface area contributed by atoms with Crippen molar-refractivity contribution in [2.24, 2.45) is 10.2 Å². The van der Waals surface area contributed by atoms with Gasteiger partial charge in [-0.25, -0.2) is 0 Å². The molecule has 2 aliphatic rings. The normalized spacial score (nSPS) is 17.5. The topological polar surface area (TPSA) is 85.4 Å². The first-order valence-corrected chi connectivity index (χ1v) is 10.9. The molecule has 1 aromatic heterocycles. The van der Waals surface area contributed by atoms with Crippen LogP contribution in [0.4, 0.5) is 5.69 Å². The molecule has 1 amide bonds. The van der Waals surface area contributed by atoms with Gasteiger partial charge in [0.05, 0.1) is 12.8 Å². The third kappa shape index (κ3) is 3.25. The summed E-state index contributed by atoms with van der Waals surface area (Å²) in [6.45, 7) is 5.97. The second-order valence-electron chi connectivity index (χ2n) is 8.10. The lowest BCUT2D eigenvalue weighted by atomic mass is 9.94. The number of nitrogens with one attached hydrogen (secondary N) is 1. The van der Waals surface area contributed by atoms with Crippen molar-refractivity contribution in [3.8, 4) is 11.5 Å². The lowest BCUT2D eigenvalue weighted by Gasteiger charge is -2.26. The number of amides is 1. The van der Waals surface area contributed by atoms with E-state index in [-0.39, 0.29) is 5.91 Å². The van der Waals surface area contributed by atoms with E-state index >= 15 is 0 Å². The minimum Gasteiger partial charge on any atom is -0.497 e. The summed E-state index contributed by atoms with van der Waals surface area (Å²) < 4.78 is 17.7. The molecule has 0 radical (unpaired) electrons. The number of anilines is 1. The van der Waals surface area contributed by atoms with E-state index in [0.29, 0.717) is 35.8 Å². The van der Waals surface area contributed by atoms with Crippen molar-refractivity contribution in [2.75, 3.05) is 12.4 Å². The fraction of sp³-hybridized carbons (Fsp3) is 0.320. The minimum atomic E-state index is -0.505. The Bertz CT molecular complexity index is 1300. The third-order valence-electron chi connectivity index (χ3n) is 5.98. The van der Waals surface area contributed by atoms with Gasteiger partial charge in [-0.2, -0.15) is 5.10 Å². The first-order chi connectivity index (χ1) is 15.5. The second-order valence-corrected chi connectivity index (χ2v) is 8.10. The molecule has 3 heterocycles. The van der Waals surface area contributed by atoms with E-state index in [1.54, 1.807) is 7.11 Å². The zero-order valence-corrected chi connectivity index (χ0v) is 18.6. The summed E-state index contributed by atoms with van der Waals surface area (Å²) in [6, 6.07) is 9.71. The van der Waals surface area contributed by atoms with Crippen LogP contribution in [0.25, 0.3) is 11.0 Å². The molecule has 1 N–H and O–H groups in total. The average Bonchev–Trinajstić information content (AvgIpc) is 3.07. The van der Waals surface area contributed by atoms with Crippen LogP contribution in [0.1, 0.15) is 49.6 Å². The number of furan rings is 1. The predicted octanol–water partition coefficient (Wildman–Crippen LogP) is 4.88. The number of methoxy groups -OCH3 is 1. The molecule has 2 aliphatic heterocycles. The van der Waals surface area contributed by atoms with Gasteiger partial charge >= 0.3 is 0 Å². The molecule has 1 unspecified atom stereocenters. The predicted molar refractivity (Wildman–Crippen MR) is 124 cm³/mol. The van der Waals surface area contributed by atoms with Gasteiger partial charge in [-0.05, 0) is 55.7 Å². The molecule has 0 aliphatic carbocycles. The molecule has 0 bridgehead atoms. The van der Waals surface area contributed by atoms with Gasteiger partial charge in [-0.1, -0.05) is 13.8 Å². The van der Waals surface area contributed by atoms with Gasteiger partial charge in [0.15, 0.2) is 11.9 Å². The molecule has 5 rings (SSSR count). The molecule has 0 saturated heterocycles. The molecule has 1 atom stereocenters. The Balaban J connectivity index is 1.71. The first kappa shape index (κ1) is 20.3. The monoisotopic (exact) mass is 431 g/mol. The van der Waals surface area contributed by atoms with Crippen molar-refractivity contribution < 1.29 is 18.7 Å². The number of benzene rings is 2. The largest absolute Gasteiger partial charge is 0.497 e. The minimum absolute atomic E-state index is 0.118. The van der Waals surface area contributed by atoms with E-state index in [4.69, 9.17) is 13.9 Å². The highest BCUT2D eigenvalue weighted by molar-refractivity contribution is 6.17. The van der Waals surface area contributed by atoms with E-state index in [1.807, 2.05) is 44.2 Å².